The van der Waals surface area contributed by atoms with Crippen LogP contribution < -0.4 is 0 Å². The van der Waals surface area contributed by atoms with Crippen LogP contribution >= 0.6 is 0 Å². The molecule has 0 spiro atoms. The lowest BCUT2D eigenvalue weighted by atomic mass is 9.96. The summed E-state index contributed by atoms with van der Waals surface area (Å²) < 4.78 is 2.38. The maximum absolute atomic E-state index is 3.81. The van der Waals surface area contributed by atoms with Gasteiger partial charge in [-0.25, -0.2) is 0 Å². The number of hydrogen-bond donors (Lipinski definition) is 1. The van der Waals surface area contributed by atoms with Gasteiger partial charge in [-0.05, 0) is 46.5 Å². The van der Waals surface area contributed by atoms with Crippen LogP contribution in [0.2, 0.25) is 0 Å². The largest absolute Gasteiger partial charge is 0.354 e. The van der Waals surface area contributed by atoms with Crippen molar-refractivity contribution in [2.75, 3.05) is 0 Å². The van der Waals surface area contributed by atoms with Crippen LogP contribution in [0.1, 0.15) is 0 Å². The van der Waals surface area contributed by atoms with E-state index in [-0.39, 0.29) is 0 Å². The maximum atomic E-state index is 3.81. The van der Waals surface area contributed by atoms with Crippen LogP contribution in [0.4, 0.5) is 0 Å². The third-order valence-electron chi connectivity index (χ3n) is 7.29. The van der Waals surface area contributed by atoms with E-state index in [2.05, 4.69) is 125 Å². The van der Waals surface area contributed by atoms with Crippen LogP contribution in [0, 0.1) is 0 Å². The lowest BCUT2D eigenvalue weighted by Gasteiger charge is -2.07. The summed E-state index contributed by atoms with van der Waals surface area (Å²) in [5, 5.41) is 10.3. The van der Waals surface area contributed by atoms with Gasteiger partial charge >= 0.3 is 0 Å². The number of hydrogen-bond acceptors (Lipinski definition) is 0. The molecule has 34 heavy (non-hydrogen) atoms. The number of aromatic amines is 1. The van der Waals surface area contributed by atoms with Crippen LogP contribution in [0.25, 0.3) is 70.8 Å². The molecule has 0 atom stereocenters. The first-order chi connectivity index (χ1) is 16.9. The van der Waals surface area contributed by atoms with Crippen molar-refractivity contribution in [1.82, 2.24) is 9.55 Å². The summed E-state index contributed by atoms with van der Waals surface area (Å²) >= 11 is 0. The van der Waals surface area contributed by atoms with Crippen LogP contribution in [0.5, 0.6) is 0 Å². The predicted octanol–water partition coefficient (Wildman–Crippen LogP) is 8.72. The molecule has 8 aromatic rings. The maximum Gasteiger partial charge on any atom is 0.0562 e. The second kappa shape index (κ2) is 6.49. The molecule has 2 heteroatoms. The smallest absolute Gasteiger partial charge is 0.0562 e. The number of nitrogens with zero attached hydrogens (tertiary/aromatic N) is 1. The fourth-order valence-electron chi connectivity index (χ4n) is 5.87. The molecule has 6 aromatic carbocycles. The molecule has 0 aliphatic carbocycles. The van der Waals surface area contributed by atoms with Crippen LogP contribution in [-0.4, -0.2) is 9.55 Å². The van der Waals surface area contributed by atoms with Crippen molar-refractivity contribution in [2.45, 2.75) is 0 Å². The summed E-state index contributed by atoms with van der Waals surface area (Å²) in [6.45, 7) is 0. The zero-order valence-corrected chi connectivity index (χ0v) is 18.4. The van der Waals surface area contributed by atoms with E-state index in [1.165, 1.54) is 70.8 Å². The van der Waals surface area contributed by atoms with E-state index in [9.17, 15) is 0 Å². The van der Waals surface area contributed by atoms with E-state index in [1.807, 2.05) is 0 Å². The fourth-order valence-corrected chi connectivity index (χ4v) is 5.87. The zero-order chi connectivity index (χ0) is 22.2. The average molecular weight is 433 g/mol. The van der Waals surface area contributed by atoms with Gasteiger partial charge in [-0.2, -0.15) is 0 Å². The molecule has 0 aliphatic rings. The standard InChI is InChI=1S/C32H20N2/c1-2-10-20(11-3-1)34-29-17-9-8-14-23(29)26-18-27-28(19-30(26)34)33-32-25-16-7-5-13-22(25)21-12-4-6-15-24(21)31(27)32/h1-19,33H. The van der Waals surface area contributed by atoms with Gasteiger partial charge in [0.25, 0.3) is 0 Å². The first-order valence-corrected chi connectivity index (χ1v) is 11.7. The van der Waals surface area contributed by atoms with Crippen molar-refractivity contribution in [1.29, 1.82) is 0 Å². The summed E-state index contributed by atoms with van der Waals surface area (Å²) in [5.74, 6) is 0. The Hall–Kier alpha value is -4.56. The summed E-state index contributed by atoms with van der Waals surface area (Å²) in [7, 11) is 0. The Morgan fingerprint density at radius 2 is 1.06 bits per heavy atom. The highest BCUT2D eigenvalue weighted by atomic mass is 15.0. The zero-order valence-electron chi connectivity index (χ0n) is 18.4. The molecule has 2 heterocycles. The Kier molecular flexibility index (Phi) is 3.42. The highest BCUT2D eigenvalue weighted by molar-refractivity contribution is 6.32. The Morgan fingerprint density at radius 1 is 0.441 bits per heavy atom. The monoisotopic (exact) mass is 432 g/mol. The first-order valence-electron chi connectivity index (χ1n) is 11.7. The van der Waals surface area contributed by atoms with Crippen molar-refractivity contribution < 1.29 is 0 Å². The van der Waals surface area contributed by atoms with Gasteiger partial charge in [0.05, 0.1) is 16.6 Å². The van der Waals surface area contributed by atoms with Crippen LogP contribution in [0.15, 0.2) is 115 Å². The molecule has 0 bridgehead atoms. The summed E-state index contributed by atoms with van der Waals surface area (Å²) in [5.41, 5.74) is 6.02. The van der Waals surface area contributed by atoms with Gasteiger partial charge in [0.1, 0.15) is 0 Å². The Labute approximate surface area is 195 Å². The van der Waals surface area contributed by atoms with Gasteiger partial charge in [-0.1, -0.05) is 84.9 Å². The van der Waals surface area contributed by atoms with Crippen molar-refractivity contribution in [3.63, 3.8) is 0 Å². The summed E-state index contributed by atoms with van der Waals surface area (Å²) in [4.78, 5) is 3.81. The van der Waals surface area contributed by atoms with E-state index < -0.39 is 0 Å². The number of rotatable bonds is 1. The molecule has 0 fully saturated rings. The molecule has 0 unspecified atom stereocenters. The fraction of sp³-hybridized carbons (Fsp3) is 0. The minimum atomic E-state index is 1.17. The summed E-state index contributed by atoms with van der Waals surface area (Å²) in [6.07, 6.45) is 0. The van der Waals surface area contributed by atoms with Gasteiger partial charge in [0.2, 0.25) is 0 Å². The molecule has 0 amide bonds. The third-order valence-corrected chi connectivity index (χ3v) is 7.29. The van der Waals surface area contributed by atoms with Gasteiger partial charge in [0, 0.05) is 38.1 Å². The molecular formula is C32H20N2. The molecule has 2 nitrogen and oxygen atoms in total. The van der Waals surface area contributed by atoms with Gasteiger partial charge in [-0.15, -0.1) is 0 Å². The SMILES string of the molecule is c1ccc(-n2c3ccccc3c3cc4c(cc32)[nH]c2c3ccccc3c3ccccc3c42)cc1. The van der Waals surface area contributed by atoms with Crippen molar-refractivity contribution in [3.8, 4) is 5.69 Å². The first kappa shape index (κ1) is 17.9. The topological polar surface area (TPSA) is 20.7 Å². The molecular weight excluding hydrogens is 412 g/mol. The van der Waals surface area contributed by atoms with Gasteiger partial charge in [-0.3, -0.25) is 0 Å². The van der Waals surface area contributed by atoms with Gasteiger partial charge in [0.15, 0.2) is 0 Å². The van der Waals surface area contributed by atoms with Crippen molar-refractivity contribution in [2.24, 2.45) is 0 Å². The van der Waals surface area contributed by atoms with Crippen molar-refractivity contribution in [3.05, 3.63) is 115 Å². The number of aromatic nitrogens is 2. The molecule has 8 rings (SSSR count). The highest BCUT2D eigenvalue weighted by Gasteiger charge is 2.17. The summed E-state index contributed by atoms with van der Waals surface area (Å²) in [6, 6.07) is 41.6. The second-order valence-corrected chi connectivity index (χ2v) is 9.07. The number of fused-ring (bicyclic) bond motifs is 11. The minimum absolute atomic E-state index is 1.17. The molecule has 0 aliphatic heterocycles. The van der Waals surface area contributed by atoms with Crippen molar-refractivity contribution >= 4 is 65.2 Å². The molecule has 0 saturated carbocycles. The predicted molar refractivity (Wildman–Crippen MR) is 145 cm³/mol. The molecule has 0 saturated heterocycles. The number of benzene rings is 6. The number of H-pyrrole nitrogens is 1. The highest BCUT2D eigenvalue weighted by Crippen LogP contribution is 2.42. The normalized spacial score (nSPS) is 12.1. The van der Waals surface area contributed by atoms with E-state index in [0.717, 1.165) is 0 Å². The molecule has 1 N–H and O–H groups in total. The van der Waals surface area contributed by atoms with E-state index in [1.54, 1.807) is 0 Å². The third kappa shape index (κ3) is 2.24. The van der Waals surface area contributed by atoms with Crippen LogP contribution in [0.3, 0.4) is 0 Å². The Morgan fingerprint density at radius 3 is 1.85 bits per heavy atom. The second-order valence-electron chi connectivity index (χ2n) is 9.07. The van der Waals surface area contributed by atoms with Crippen LogP contribution in [-0.2, 0) is 0 Å². The van der Waals surface area contributed by atoms with E-state index in [0.29, 0.717) is 0 Å². The van der Waals surface area contributed by atoms with E-state index >= 15 is 0 Å². The average Bonchev–Trinajstić information content (AvgIpc) is 3.44. The minimum Gasteiger partial charge on any atom is -0.354 e. The Balaban J connectivity index is 1.62. The lowest BCUT2D eigenvalue weighted by Crippen LogP contribution is -1.92. The molecule has 158 valence electrons. The quantitative estimate of drug-likeness (QED) is 0.250. The lowest BCUT2D eigenvalue weighted by molar-refractivity contribution is 1.18. The molecule has 0 radical (unpaired) electrons. The number of para-hydroxylation sites is 2. The number of nitrogens with one attached hydrogen (secondary N) is 1. The molecule has 2 aromatic heterocycles. The van der Waals surface area contributed by atoms with Gasteiger partial charge < -0.3 is 9.55 Å². The Bertz CT molecular complexity index is 2060. The van der Waals surface area contributed by atoms with E-state index in [4.69, 9.17) is 0 Å².